The molecule has 0 saturated heterocycles. The molecule has 7 heteroatoms. The molecule has 23 heavy (non-hydrogen) atoms. The first kappa shape index (κ1) is 17.1. The molecular formula is C16H26N6O. The highest BCUT2D eigenvalue weighted by atomic mass is 16.4. The molecular weight excluding hydrogens is 292 g/mol. The van der Waals surface area contributed by atoms with Gasteiger partial charge in [-0.15, -0.1) is 0 Å². The van der Waals surface area contributed by atoms with Gasteiger partial charge in [-0.3, -0.25) is 9.67 Å². The summed E-state index contributed by atoms with van der Waals surface area (Å²) in [6, 6.07) is 0. The molecule has 2 rings (SSSR count). The fourth-order valence-electron chi connectivity index (χ4n) is 2.18. The second-order valence-electron chi connectivity index (χ2n) is 6.65. The first-order chi connectivity index (χ1) is 10.8. The second-order valence-corrected chi connectivity index (χ2v) is 6.65. The number of aliphatic imine (C=N–C) groups is 1. The minimum absolute atomic E-state index is 0.0377. The summed E-state index contributed by atoms with van der Waals surface area (Å²) in [7, 11) is 5.66. The van der Waals surface area contributed by atoms with Gasteiger partial charge in [0.15, 0.2) is 5.96 Å². The molecule has 0 saturated carbocycles. The van der Waals surface area contributed by atoms with Gasteiger partial charge in [0.1, 0.15) is 5.76 Å². The van der Waals surface area contributed by atoms with Crippen molar-refractivity contribution in [3.05, 3.63) is 35.8 Å². The maximum Gasteiger partial charge on any atom is 0.213 e. The summed E-state index contributed by atoms with van der Waals surface area (Å²) >= 11 is 0. The van der Waals surface area contributed by atoms with Gasteiger partial charge >= 0.3 is 0 Å². The zero-order chi connectivity index (χ0) is 17.0. The summed E-state index contributed by atoms with van der Waals surface area (Å²) in [6.07, 6.45) is 5.64. The molecule has 0 amide bonds. The third-order valence-electron chi connectivity index (χ3n) is 3.44. The molecule has 0 bridgehead atoms. The molecule has 126 valence electrons. The zero-order valence-electron chi connectivity index (χ0n) is 14.8. The van der Waals surface area contributed by atoms with Crippen LogP contribution in [0.5, 0.6) is 0 Å². The van der Waals surface area contributed by atoms with E-state index in [4.69, 9.17) is 4.42 Å². The zero-order valence-corrected chi connectivity index (χ0v) is 14.8. The second kappa shape index (κ2) is 6.85. The minimum atomic E-state index is -0.0377. The maximum atomic E-state index is 5.78. The molecule has 0 aliphatic rings. The highest BCUT2D eigenvalue weighted by Gasteiger charge is 2.19. The van der Waals surface area contributed by atoms with Gasteiger partial charge in [-0.25, -0.2) is 4.98 Å². The van der Waals surface area contributed by atoms with Crippen LogP contribution in [0, 0.1) is 0 Å². The van der Waals surface area contributed by atoms with E-state index < -0.39 is 0 Å². The Morgan fingerprint density at radius 3 is 2.65 bits per heavy atom. The van der Waals surface area contributed by atoms with Crippen molar-refractivity contribution < 1.29 is 4.42 Å². The number of hydrogen-bond acceptors (Lipinski definition) is 4. The van der Waals surface area contributed by atoms with Gasteiger partial charge in [0, 0.05) is 44.9 Å². The van der Waals surface area contributed by atoms with Gasteiger partial charge in [-0.1, -0.05) is 20.8 Å². The van der Waals surface area contributed by atoms with Crippen LogP contribution in [0.25, 0.3) is 0 Å². The predicted molar refractivity (Wildman–Crippen MR) is 90.1 cm³/mol. The normalized spacial score (nSPS) is 12.5. The average molecular weight is 318 g/mol. The van der Waals surface area contributed by atoms with Crippen molar-refractivity contribution >= 4 is 5.96 Å². The van der Waals surface area contributed by atoms with E-state index in [1.165, 1.54) is 0 Å². The highest BCUT2D eigenvalue weighted by Crippen LogP contribution is 2.22. The van der Waals surface area contributed by atoms with Crippen molar-refractivity contribution in [1.82, 2.24) is 25.0 Å². The van der Waals surface area contributed by atoms with Crippen LogP contribution in [0.15, 0.2) is 28.0 Å². The fraction of sp³-hybridized carbons (Fsp3) is 0.562. The van der Waals surface area contributed by atoms with E-state index >= 15 is 0 Å². The Morgan fingerprint density at radius 2 is 2.13 bits per heavy atom. The molecule has 7 nitrogen and oxygen atoms in total. The average Bonchev–Trinajstić information content (AvgIpc) is 3.08. The third kappa shape index (κ3) is 4.58. The number of aryl methyl sites for hydroxylation is 1. The van der Waals surface area contributed by atoms with Crippen molar-refractivity contribution in [3.8, 4) is 0 Å². The molecule has 2 aromatic rings. The molecule has 0 radical (unpaired) electrons. The third-order valence-corrected chi connectivity index (χ3v) is 3.44. The summed E-state index contributed by atoms with van der Waals surface area (Å²) in [5.74, 6) is 2.32. The highest BCUT2D eigenvalue weighted by molar-refractivity contribution is 5.79. The molecule has 2 aromatic heterocycles. The Labute approximate surface area is 137 Å². The van der Waals surface area contributed by atoms with Gasteiger partial charge in [-0.2, -0.15) is 5.10 Å². The monoisotopic (exact) mass is 318 g/mol. The van der Waals surface area contributed by atoms with Gasteiger partial charge in [0.25, 0.3) is 0 Å². The van der Waals surface area contributed by atoms with E-state index in [1.54, 1.807) is 17.9 Å². The first-order valence-electron chi connectivity index (χ1n) is 7.64. The lowest BCUT2D eigenvalue weighted by molar-refractivity contribution is 0.376. The van der Waals surface area contributed by atoms with Crippen LogP contribution in [0.3, 0.4) is 0 Å². The number of guanidine groups is 1. The first-order valence-corrected chi connectivity index (χ1v) is 7.64. The molecule has 2 heterocycles. The van der Waals surface area contributed by atoms with Crippen LogP contribution >= 0.6 is 0 Å². The Kier molecular flexibility index (Phi) is 5.08. The molecule has 0 unspecified atom stereocenters. The smallest absolute Gasteiger partial charge is 0.213 e. The van der Waals surface area contributed by atoms with E-state index in [-0.39, 0.29) is 5.41 Å². The SMILES string of the molecule is CN=C(NCc1ncc(C(C)(C)C)o1)N(C)Cc1cnn(C)c1. The van der Waals surface area contributed by atoms with Crippen LogP contribution in [0.1, 0.15) is 38.0 Å². The summed E-state index contributed by atoms with van der Waals surface area (Å²) in [6.45, 7) is 7.54. The Bertz CT molecular complexity index is 664. The van der Waals surface area contributed by atoms with E-state index in [9.17, 15) is 0 Å². The summed E-state index contributed by atoms with van der Waals surface area (Å²) in [5, 5.41) is 7.45. The van der Waals surface area contributed by atoms with Crippen molar-refractivity contribution in [2.24, 2.45) is 12.0 Å². The lowest BCUT2D eigenvalue weighted by atomic mass is 9.94. The molecule has 1 N–H and O–H groups in total. The molecule has 0 aliphatic carbocycles. The number of aromatic nitrogens is 3. The summed E-state index contributed by atoms with van der Waals surface area (Å²) < 4.78 is 7.58. The van der Waals surface area contributed by atoms with Gasteiger partial charge in [0.05, 0.1) is 18.9 Å². The lowest BCUT2D eigenvalue weighted by Crippen LogP contribution is -2.38. The standard InChI is InChI=1S/C16H26N6O/c1-16(2,3)13-8-18-14(23-13)9-19-15(17-4)21(5)10-12-7-20-22(6)11-12/h7-8,11H,9-10H2,1-6H3,(H,17,19). The van der Waals surface area contributed by atoms with Crippen LogP contribution < -0.4 is 5.32 Å². The van der Waals surface area contributed by atoms with Crippen LogP contribution in [-0.2, 0) is 25.6 Å². The largest absolute Gasteiger partial charge is 0.443 e. The predicted octanol–water partition coefficient (Wildman–Crippen LogP) is 1.91. The van der Waals surface area contributed by atoms with E-state index in [0.29, 0.717) is 12.4 Å². The van der Waals surface area contributed by atoms with E-state index in [2.05, 4.69) is 41.2 Å². The van der Waals surface area contributed by atoms with Gasteiger partial charge < -0.3 is 14.6 Å². The van der Waals surface area contributed by atoms with Crippen LogP contribution in [-0.4, -0.2) is 39.7 Å². The molecule has 0 aliphatic heterocycles. The number of rotatable bonds is 4. The van der Waals surface area contributed by atoms with E-state index in [0.717, 1.165) is 23.8 Å². The van der Waals surface area contributed by atoms with Gasteiger partial charge in [0.2, 0.25) is 5.89 Å². The molecule has 0 fully saturated rings. The number of nitrogens with one attached hydrogen (secondary N) is 1. The topological polar surface area (TPSA) is 71.5 Å². The number of hydrogen-bond donors (Lipinski definition) is 1. The van der Waals surface area contributed by atoms with Crippen LogP contribution in [0.4, 0.5) is 0 Å². The van der Waals surface area contributed by atoms with Crippen molar-refractivity contribution in [3.63, 3.8) is 0 Å². The summed E-state index contributed by atoms with van der Waals surface area (Å²) in [4.78, 5) is 10.6. The quantitative estimate of drug-likeness (QED) is 0.689. The van der Waals surface area contributed by atoms with Crippen molar-refractivity contribution in [1.29, 1.82) is 0 Å². The minimum Gasteiger partial charge on any atom is -0.443 e. The molecule has 0 atom stereocenters. The Balaban J connectivity index is 1.93. The number of nitrogens with zero attached hydrogens (tertiary/aromatic N) is 5. The summed E-state index contributed by atoms with van der Waals surface area (Å²) in [5.41, 5.74) is 1.09. The Hall–Kier alpha value is -2.31. The number of oxazole rings is 1. The lowest BCUT2D eigenvalue weighted by Gasteiger charge is -2.20. The molecule has 0 spiro atoms. The maximum absolute atomic E-state index is 5.78. The fourth-order valence-corrected chi connectivity index (χ4v) is 2.18. The van der Waals surface area contributed by atoms with Gasteiger partial charge in [-0.05, 0) is 0 Å². The molecule has 0 aromatic carbocycles. The van der Waals surface area contributed by atoms with Crippen LogP contribution in [0.2, 0.25) is 0 Å². The van der Waals surface area contributed by atoms with Crippen molar-refractivity contribution in [2.45, 2.75) is 39.3 Å². The van der Waals surface area contributed by atoms with E-state index in [1.807, 2.05) is 31.4 Å². The van der Waals surface area contributed by atoms with Crippen molar-refractivity contribution in [2.75, 3.05) is 14.1 Å². The Morgan fingerprint density at radius 1 is 1.39 bits per heavy atom.